The molecule has 2 amide bonds. The van der Waals surface area contributed by atoms with E-state index < -0.39 is 12.2 Å². The van der Waals surface area contributed by atoms with E-state index in [9.17, 15) is 24.8 Å². The van der Waals surface area contributed by atoms with Crippen molar-refractivity contribution < 1.29 is 34.3 Å². The molecule has 2 saturated heterocycles. The van der Waals surface area contributed by atoms with Gasteiger partial charge in [-0.3, -0.25) is 29.8 Å². The number of non-ortho nitro benzene ring substituents is 1. The second kappa shape index (κ2) is 19.4. The Hall–Kier alpha value is -5.18. The number of carbonyl (C=O) groups excluding carboxylic acids is 2. The molecule has 290 valence electrons. The molecule has 2 heterocycles. The zero-order valence-corrected chi connectivity index (χ0v) is 30.8. The van der Waals surface area contributed by atoms with E-state index in [4.69, 9.17) is 14.7 Å². The smallest absolute Gasteiger partial charge is 0.269 e. The van der Waals surface area contributed by atoms with Crippen LogP contribution in [0.3, 0.4) is 0 Å². The molecule has 4 N–H and O–H groups in total. The summed E-state index contributed by atoms with van der Waals surface area (Å²) in [6.45, 7) is 4.36. The molecule has 4 aromatic carbocycles. The van der Waals surface area contributed by atoms with Crippen LogP contribution in [0.4, 0.5) is 11.4 Å². The van der Waals surface area contributed by atoms with Gasteiger partial charge in [0, 0.05) is 81.9 Å². The third kappa shape index (κ3) is 11.2. The summed E-state index contributed by atoms with van der Waals surface area (Å²) in [4.78, 5) is 39.0. The van der Waals surface area contributed by atoms with Crippen molar-refractivity contribution in [2.45, 2.75) is 70.2 Å². The van der Waals surface area contributed by atoms with Crippen molar-refractivity contribution in [2.75, 3.05) is 37.6 Å². The summed E-state index contributed by atoms with van der Waals surface area (Å²) in [6.07, 6.45) is 2.35. The van der Waals surface area contributed by atoms with Gasteiger partial charge in [0.2, 0.25) is 11.8 Å². The number of nitro groups is 1. The highest BCUT2D eigenvalue weighted by Gasteiger charge is 2.34. The number of nitrogens with zero attached hydrogens (tertiary/aromatic N) is 3. The molecule has 2 aliphatic rings. The van der Waals surface area contributed by atoms with Crippen LogP contribution in [0.2, 0.25) is 0 Å². The standard InChI is InChI=1S/C42H49N5O8/c48-29-30-12-14-32(15-13-30)39-26-38(28-45-20-22-46(23-21-45)36-16-18-37(19-17-36)47(52)53)54-42(55-39)35-9-5-8-34(25-35)33-7-4-6-31(24-33)27-43-40(49)10-2-1-3-11-41(50)44-51/h4-9,12-19,24-25,38-39,42,48,51H,1-3,10-11,20-23,26-29H2,(H,43,49)(H,44,50)/t38-,39+,42+/m1/s1. The molecule has 0 saturated carbocycles. The van der Waals surface area contributed by atoms with Gasteiger partial charge in [0.05, 0.1) is 23.7 Å². The number of anilines is 1. The topological polar surface area (TPSA) is 167 Å². The summed E-state index contributed by atoms with van der Waals surface area (Å²) < 4.78 is 13.4. The SMILES string of the molecule is O=C(CCCCCC(=O)NCc1cccc(-c2cccc([C@H]3O[C@@H](CN4CCN(c5ccc([N+](=O)[O-])cc5)CC4)C[C@@H](c4ccc(CO)cc4)O3)c2)c1)NO. The van der Waals surface area contributed by atoms with Crippen molar-refractivity contribution in [3.63, 3.8) is 0 Å². The lowest BCUT2D eigenvalue weighted by molar-refractivity contribution is -0.384. The fraction of sp³-hybridized carbons (Fsp3) is 0.381. The molecule has 0 aliphatic carbocycles. The number of carbonyl (C=O) groups is 2. The van der Waals surface area contributed by atoms with Crippen LogP contribution < -0.4 is 15.7 Å². The summed E-state index contributed by atoms with van der Waals surface area (Å²) in [7, 11) is 0. The van der Waals surface area contributed by atoms with Crippen LogP contribution in [0.15, 0.2) is 97.1 Å². The van der Waals surface area contributed by atoms with Gasteiger partial charge in [-0.2, -0.15) is 0 Å². The van der Waals surface area contributed by atoms with E-state index in [2.05, 4.69) is 27.2 Å². The zero-order valence-electron chi connectivity index (χ0n) is 30.8. The first-order chi connectivity index (χ1) is 26.8. The van der Waals surface area contributed by atoms with E-state index >= 15 is 0 Å². The van der Waals surface area contributed by atoms with Crippen LogP contribution >= 0.6 is 0 Å². The summed E-state index contributed by atoms with van der Waals surface area (Å²) in [5.74, 6) is -0.468. The number of nitrogens with one attached hydrogen (secondary N) is 2. The van der Waals surface area contributed by atoms with E-state index in [0.717, 1.165) is 78.2 Å². The van der Waals surface area contributed by atoms with Crippen molar-refractivity contribution in [1.29, 1.82) is 0 Å². The number of unbranched alkanes of at least 4 members (excludes halogenated alkanes) is 2. The first kappa shape index (κ1) is 39.5. The Morgan fingerprint density at radius 2 is 1.47 bits per heavy atom. The Morgan fingerprint density at radius 3 is 2.16 bits per heavy atom. The van der Waals surface area contributed by atoms with Gasteiger partial charge in [0.1, 0.15) is 0 Å². The maximum Gasteiger partial charge on any atom is 0.269 e. The first-order valence-electron chi connectivity index (χ1n) is 18.9. The molecule has 2 aliphatic heterocycles. The number of hydrogen-bond acceptors (Lipinski definition) is 10. The average Bonchev–Trinajstić information content (AvgIpc) is 3.23. The third-order valence-corrected chi connectivity index (χ3v) is 10.2. The highest BCUT2D eigenvalue weighted by atomic mass is 16.7. The normalized spacial score (nSPS) is 18.8. The molecule has 13 nitrogen and oxygen atoms in total. The fourth-order valence-electron chi connectivity index (χ4n) is 7.11. The van der Waals surface area contributed by atoms with E-state index in [1.54, 1.807) is 17.6 Å². The molecule has 0 bridgehead atoms. The number of benzene rings is 4. The molecule has 13 heteroatoms. The molecule has 55 heavy (non-hydrogen) atoms. The van der Waals surface area contributed by atoms with Gasteiger partial charge in [0.25, 0.3) is 5.69 Å². The Labute approximate surface area is 321 Å². The number of hydroxylamine groups is 1. The van der Waals surface area contributed by atoms with Crippen molar-refractivity contribution >= 4 is 23.2 Å². The highest BCUT2D eigenvalue weighted by Crippen LogP contribution is 2.39. The van der Waals surface area contributed by atoms with Gasteiger partial charge >= 0.3 is 0 Å². The summed E-state index contributed by atoms with van der Waals surface area (Å²) >= 11 is 0. The maximum absolute atomic E-state index is 12.5. The van der Waals surface area contributed by atoms with Gasteiger partial charge in [-0.05, 0) is 64.9 Å². The van der Waals surface area contributed by atoms with Gasteiger partial charge in [-0.15, -0.1) is 0 Å². The molecule has 0 spiro atoms. The van der Waals surface area contributed by atoms with Gasteiger partial charge in [-0.1, -0.05) is 67.1 Å². The quantitative estimate of drug-likeness (QED) is 0.0449. The Kier molecular flexibility index (Phi) is 14.0. The molecule has 0 unspecified atom stereocenters. The number of hydrogen-bond donors (Lipinski definition) is 4. The Morgan fingerprint density at radius 1 is 0.782 bits per heavy atom. The number of rotatable bonds is 16. The van der Waals surface area contributed by atoms with Gasteiger partial charge < -0.3 is 24.8 Å². The van der Waals surface area contributed by atoms with Crippen molar-refractivity contribution in [3.05, 3.63) is 129 Å². The van der Waals surface area contributed by atoms with Crippen LogP contribution in [-0.2, 0) is 32.2 Å². The largest absolute Gasteiger partial charge is 0.392 e. The second-order valence-electron chi connectivity index (χ2n) is 14.1. The molecule has 0 radical (unpaired) electrons. The molecule has 3 atom stereocenters. The zero-order chi connectivity index (χ0) is 38.6. The highest BCUT2D eigenvalue weighted by molar-refractivity contribution is 5.76. The van der Waals surface area contributed by atoms with Crippen LogP contribution in [0.1, 0.15) is 73.2 Å². The second-order valence-corrected chi connectivity index (χ2v) is 14.1. The number of amides is 2. The lowest BCUT2D eigenvalue weighted by Gasteiger charge is -2.41. The molecule has 0 aromatic heterocycles. The lowest BCUT2D eigenvalue weighted by Crippen LogP contribution is -2.49. The van der Waals surface area contributed by atoms with E-state index in [-0.39, 0.29) is 41.8 Å². The van der Waals surface area contributed by atoms with E-state index in [0.29, 0.717) is 32.2 Å². The maximum atomic E-state index is 12.5. The van der Waals surface area contributed by atoms with Crippen LogP contribution in [0.5, 0.6) is 0 Å². The molecular weight excluding hydrogens is 702 g/mol. The Balaban J connectivity index is 1.09. The Bertz CT molecular complexity index is 1880. The van der Waals surface area contributed by atoms with Crippen LogP contribution in [-0.4, -0.2) is 70.8 Å². The molecule has 2 fully saturated rings. The summed E-state index contributed by atoms with van der Waals surface area (Å²) in [5, 5.41) is 32.3. The van der Waals surface area contributed by atoms with Crippen LogP contribution in [0.25, 0.3) is 11.1 Å². The lowest BCUT2D eigenvalue weighted by atomic mass is 9.98. The number of ether oxygens (including phenoxy) is 2. The number of aliphatic hydroxyl groups excluding tert-OH is 1. The minimum absolute atomic E-state index is 0.0264. The number of nitro benzene ring substituents is 1. The monoisotopic (exact) mass is 751 g/mol. The molecular formula is C42H49N5O8. The molecule has 6 rings (SSSR count). The number of piperazine rings is 1. The predicted molar refractivity (Wildman–Crippen MR) is 207 cm³/mol. The van der Waals surface area contributed by atoms with Gasteiger partial charge in [0.15, 0.2) is 6.29 Å². The fourth-order valence-corrected chi connectivity index (χ4v) is 7.11. The third-order valence-electron chi connectivity index (χ3n) is 10.2. The average molecular weight is 752 g/mol. The minimum Gasteiger partial charge on any atom is -0.392 e. The van der Waals surface area contributed by atoms with E-state index in [1.165, 1.54) is 0 Å². The number of aliphatic hydroxyl groups is 1. The van der Waals surface area contributed by atoms with Crippen LogP contribution in [0, 0.1) is 10.1 Å². The van der Waals surface area contributed by atoms with Crippen molar-refractivity contribution in [2.24, 2.45) is 0 Å². The van der Waals surface area contributed by atoms with Gasteiger partial charge in [-0.25, -0.2) is 5.48 Å². The van der Waals surface area contributed by atoms with E-state index in [1.807, 2.05) is 72.8 Å². The minimum atomic E-state index is -0.608. The predicted octanol–water partition coefficient (Wildman–Crippen LogP) is 6.19. The van der Waals surface area contributed by atoms with Crippen molar-refractivity contribution in [1.82, 2.24) is 15.7 Å². The molecule has 4 aromatic rings. The summed E-state index contributed by atoms with van der Waals surface area (Å²) in [5.41, 5.74) is 8.43. The first-order valence-corrected chi connectivity index (χ1v) is 18.9. The summed E-state index contributed by atoms with van der Waals surface area (Å²) in [6, 6.07) is 30.8. The van der Waals surface area contributed by atoms with Crippen molar-refractivity contribution in [3.8, 4) is 11.1 Å².